The highest BCUT2D eigenvalue weighted by Crippen LogP contribution is 2.49. The molecule has 0 radical (unpaired) electrons. The highest BCUT2D eigenvalue weighted by atomic mass is 35.5. The van der Waals surface area contributed by atoms with E-state index >= 15 is 0 Å². The molecule has 2 N–H and O–H groups in total. The van der Waals surface area contributed by atoms with Crippen LogP contribution in [0.5, 0.6) is 0 Å². The molecule has 1 unspecified atom stereocenters. The first-order valence-electron chi connectivity index (χ1n) is 13.9. The number of benzene rings is 3. The van der Waals surface area contributed by atoms with Crippen molar-refractivity contribution in [2.24, 2.45) is 0 Å². The quantitative estimate of drug-likeness (QED) is 0.284. The fourth-order valence-electron chi connectivity index (χ4n) is 3.72. The average molecular weight is 482 g/mol. The highest BCUT2D eigenvalue weighted by Gasteiger charge is 2.29. The Labute approximate surface area is 211 Å². The van der Waals surface area contributed by atoms with E-state index in [1.807, 2.05) is 18.2 Å². The smallest absolute Gasteiger partial charge is 0.0921 e. The van der Waals surface area contributed by atoms with Gasteiger partial charge in [0.05, 0.1) is 6.10 Å². The zero-order valence-electron chi connectivity index (χ0n) is 25.1. The Balaban J connectivity index is 1.75. The van der Waals surface area contributed by atoms with Crippen molar-refractivity contribution in [3.8, 4) is 11.1 Å². The number of nitrogens with one attached hydrogen (secondary N) is 1. The largest absolute Gasteiger partial charge is 0.387 e. The molecule has 0 aromatic heterocycles. The summed E-state index contributed by atoms with van der Waals surface area (Å²) in [5.74, 6) is 0. The van der Waals surface area contributed by atoms with Crippen LogP contribution in [0.4, 0.5) is 0 Å². The number of halogens is 3. The fourth-order valence-corrected chi connectivity index (χ4v) is 4.25. The molecule has 0 spiro atoms. The molecule has 0 aliphatic heterocycles. The molecular formula is C26H24Cl3NO. The zero-order valence-corrected chi connectivity index (χ0v) is 18.4. The number of aliphatic hydroxyl groups is 1. The summed E-state index contributed by atoms with van der Waals surface area (Å²) >= 11 is 18.8. The first-order valence-corrected chi connectivity index (χ1v) is 10.6. The number of fused-ring (bicyclic) bond motifs is 3. The summed E-state index contributed by atoms with van der Waals surface area (Å²) < 4.78 is 70.0. The van der Waals surface area contributed by atoms with Crippen molar-refractivity contribution in [1.29, 1.82) is 0 Å². The summed E-state index contributed by atoms with van der Waals surface area (Å²) in [6.45, 7) is -7.18. The molecule has 3 aromatic carbocycles. The van der Waals surface area contributed by atoms with Crippen LogP contribution in [-0.2, 0) is 0 Å². The summed E-state index contributed by atoms with van der Waals surface area (Å²) in [6.07, 6.45) is -6.53. The molecule has 0 bridgehead atoms. The van der Waals surface area contributed by atoms with Gasteiger partial charge in [-0.15, -0.1) is 0 Å². The second-order valence-corrected chi connectivity index (χ2v) is 8.30. The molecule has 1 atom stereocenters. The highest BCUT2D eigenvalue weighted by molar-refractivity contribution is 6.32. The van der Waals surface area contributed by atoms with Crippen molar-refractivity contribution >= 4 is 46.5 Å². The predicted molar refractivity (Wildman–Crippen MR) is 133 cm³/mol. The lowest BCUT2D eigenvalue weighted by atomic mass is 9.95. The molecule has 0 heterocycles. The lowest BCUT2D eigenvalue weighted by Gasteiger charge is -2.17. The van der Waals surface area contributed by atoms with E-state index in [-0.39, 0.29) is 5.02 Å². The summed E-state index contributed by atoms with van der Waals surface area (Å²) in [4.78, 5) is 0. The zero-order chi connectivity index (χ0) is 29.8. The van der Waals surface area contributed by atoms with E-state index in [0.717, 1.165) is 22.3 Å². The number of rotatable bonds is 7. The van der Waals surface area contributed by atoms with Crippen molar-refractivity contribution < 1.29 is 17.4 Å². The number of hydrogen-bond donors (Lipinski definition) is 2. The van der Waals surface area contributed by atoms with E-state index in [4.69, 9.17) is 47.1 Å². The first kappa shape index (κ1) is 13.7. The van der Waals surface area contributed by atoms with Gasteiger partial charge < -0.3 is 10.4 Å². The minimum absolute atomic E-state index is 0.283. The van der Waals surface area contributed by atoms with Crippen molar-refractivity contribution in [3.63, 3.8) is 0 Å². The Hall–Kier alpha value is -1.81. The second kappa shape index (κ2) is 9.77. The van der Waals surface area contributed by atoms with E-state index < -0.39 is 38.7 Å². The van der Waals surface area contributed by atoms with E-state index in [1.165, 1.54) is 6.07 Å². The molecule has 0 amide bonds. The van der Waals surface area contributed by atoms with Gasteiger partial charge >= 0.3 is 0 Å². The molecule has 2 nitrogen and oxygen atoms in total. The normalized spacial score (nSPS) is 20.6. The lowest BCUT2D eigenvalue weighted by molar-refractivity contribution is 0.175. The molecule has 3 aromatic rings. The average Bonchev–Trinajstić information content (AvgIpc) is 3.14. The van der Waals surface area contributed by atoms with Gasteiger partial charge in [-0.05, 0) is 94.3 Å². The molecule has 5 heteroatoms. The van der Waals surface area contributed by atoms with Gasteiger partial charge in [-0.3, -0.25) is 0 Å². The van der Waals surface area contributed by atoms with Crippen molar-refractivity contribution in [2.75, 3.05) is 13.0 Å². The third-order valence-corrected chi connectivity index (χ3v) is 5.72. The van der Waals surface area contributed by atoms with E-state index in [2.05, 4.69) is 5.32 Å². The van der Waals surface area contributed by atoms with E-state index in [0.29, 0.717) is 26.7 Å². The minimum atomic E-state index is -3.53. The lowest BCUT2D eigenvalue weighted by Crippen LogP contribution is -2.22. The summed E-state index contributed by atoms with van der Waals surface area (Å²) in [6, 6.07) is 15.7. The molecular weight excluding hydrogens is 449 g/mol. The van der Waals surface area contributed by atoms with Gasteiger partial charge in [0.15, 0.2) is 0 Å². The monoisotopic (exact) mass is 480 g/mol. The van der Waals surface area contributed by atoms with Crippen LogP contribution in [-0.4, -0.2) is 18.1 Å². The third-order valence-electron chi connectivity index (χ3n) is 5.01. The van der Waals surface area contributed by atoms with Crippen LogP contribution in [0.25, 0.3) is 22.8 Å². The summed E-state index contributed by atoms with van der Waals surface area (Å²) in [5.41, 5.74) is 4.75. The molecule has 4 rings (SSSR count). The molecule has 1 aliphatic carbocycles. The second-order valence-electron chi connectivity index (χ2n) is 6.99. The SMILES string of the molecule is [2H]C([2H])([2H])C([2H])([2H])C([2H])([2H])C([2H])([2H])NCC(O)c1cc(Cl)cc2c1-c1ccc(Cl)cc1/C2=C\c1ccc(Cl)cc1. The van der Waals surface area contributed by atoms with Gasteiger partial charge in [-0.25, -0.2) is 0 Å². The van der Waals surface area contributed by atoms with Gasteiger partial charge in [-0.1, -0.05) is 66.2 Å². The molecule has 0 saturated heterocycles. The Morgan fingerprint density at radius 3 is 2.48 bits per heavy atom. The van der Waals surface area contributed by atoms with E-state index in [9.17, 15) is 5.11 Å². The van der Waals surface area contributed by atoms with Crippen LogP contribution in [0.15, 0.2) is 54.6 Å². The van der Waals surface area contributed by atoms with Gasteiger partial charge in [0.1, 0.15) is 0 Å². The maximum Gasteiger partial charge on any atom is 0.0921 e. The molecule has 0 fully saturated rings. The topological polar surface area (TPSA) is 32.3 Å². The third kappa shape index (κ3) is 4.84. The van der Waals surface area contributed by atoms with Crippen molar-refractivity contribution in [2.45, 2.75) is 25.7 Å². The Kier molecular flexibility index (Phi) is 4.31. The van der Waals surface area contributed by atoms with Crippen molar-refractivity contribution in [1.82, 2.24) is 5.32 Å². The van der Waals surface area contributed by atoms with Gasteiger partial charge in [0.2, 0.25) is 0 Å². The summed E-state index contributed by atoms with van der Waals surface area (Å²) in [7, 11) is 0. The van der Waals surface area contributed by atoms with Crippen LogP contribution in [0, 0.1) is 0 Å². The maximum absolute atomic E-state index is 11.2. The minimum Gasteiger partial charge on any atom is -0.387 e. The molecule has 0 saturated carbocycles. The molecule has 160 valence electrons. The maximum atomic E-state index is 11.2. The number of hydrogen-bond acceptors (Lipinski definition) is 2. The van der Waals surface area contributed by atoms with Crippen LogP contribution >= 0.6 is 34.8 Å². The van der Waals surface area contributed by atoms with E-state index in [1.54, 1.807) is 36.4 Å². The Morgan fingerprint density at radius 1 is 0.968 bits per heavy atom. The molecule has 1 aliphatic rings. The fraction of sp³-hybridized carbons (Fsp3) is 0.231. The van der Waals surface area contributed by atoms with Crippen LogP contribution in [0.3, 0.4) is 0 Å². The van der Waals surface area contributed by atoms with Gasteiger partial charge in [-0.2, -0.15) is 0 Å². The Morgan fingerprint density at radius 2 is 1.71 bits per heavy atom. The standard InChI is InChI=1S/C26H24Cl3NO/c1-2-3-10-30-15-25(31)24-14-19(29)13-23-21(11-16-4-6-17(27)7-5-16)22-12-18(28)8-9-20(22)26(23)24/h4-9,11-14,25,30-31H,2-3,10,15H2,1H3/b21-11+/i1D3,2D2,3D2,10D2. The Bertz CT molecular complexity index is 1470. The van der Waals surface area contributed by atoms with Crippen LogP contribution < -0.4 is 5.32 Å². The van der Waals surface area contributed by atoms with Crippen LogP contribution in [0.2, 0.25) is 15.1 Å². The first-order chi connectivity index (χ1) is 18.4. The molecule has 31 heavy (non-hydrogen) atoms. The predicted octanol–water partition coefficient (Wildman–Crippen LogP) is 7.64. The van der Waals surface area contributed by atoms with Crippen LogP contribution in [0.1, 0.15) is 60.3 Å². The summed E-state index contributed by atoms with van der Waals surface area (Å²) in [5, 5.41) is 14.8. The number of aliphatic hydroxyl groups excluding tert-OH is 1. The van der Waals surface area contributed by atoms with Gasteiger partial charge in [0, 0.05) is 33.9 Å². The van der Waals surface area contributed by atoms with Crippen molar-refractivity contribution in [3.05, 3.63) is 91.9 Å². The van der Waals surface area contributed by atoms with Gasteiger partial charge in [0.25, 0.3) is 0 Å².